The van der Waals surface area contributed by atoms with Crippen molar-refractivity contribution in [3.05, 3.63) is 11.9 Å². The maximum atomic E-state index is 5.68. The molecule has 0 amide bonds. The molecule has 1 aromatic heterocycles. The van der Waals surface area contributed by atoms with Crippen LogP contribution in [0.2, 0.25) is 0 Å². The van der Waals surface area contributed by atoms with Gasteiger partial charge in [0.05, 0.1) is 5.69 Å². The zero-order valence-corrected chi connectivity index (χ0v) is 9.36. The Morgan fingerprint density at radius 2 is 2.21 bits per heavy atom. The van der Waals surface area contributed by atoms with E-state index in [0.29, 0.717) is 6.54 Å². The molecule has 0 atom stereocenters. The van der Waals surface area contributed by atoms with Gasteiger partial charge < -0.3 is 5.73 Å². The molecule has 80 valence electrons. The predicted molar refractivity (Wildman–Crippen MR) is 55.6 cm³/mol. The molecule has 0 unspecified atom stereocenters. The van der Waals surface area contributed by atoms with Crippen LogP contribution in [-0.2, 0) is 13.6 Å². The molecule has 1 aromatic rings. The molecule has 5 nitrogen and oxygen atoms in total. The van der Waals surface area contributed by atoms with Crippen molar-refractivity contribution < 1.29 is 0 Å². The summed E-state index contributed by atoms with van der Waals surface area (Å²) >= 11 is 0. The molecule has 0 saturated heterocycles. The lowest BCUT2D eigenvalue weighted by Crippen LogP contribution is -2.46. The molecule has 0 spiro atoms. The van der Waals surface area contributed by atoms with E-state index in [1.54, 1.807) is 4.68 Å². The second-order valence-corrected chi connectivity index (χ2v) is 4.26. The highest BCUT2D eigenvalue weighted by atomic mass is 15.4. The number of hydrogen-bond acceptors (Lipinski definition) is 4. The molecule has 14 heavy (non-hydrogen) atoms. The molecular weight excluding hydrogens is 178 g/mol. The van der Waals surface area contributed by atoms with Crippen molar-refractivity contribution in [2.75, 3.05) is 13.6 Å². The van der Waals surface area contributed by atoms with Gasteiger partial charge in [-0.15, -0.1) is 5.10 Å². The van der Waals surface area contributed by atoms with Gasteiger partial charge in [-0.3, -0.25) is 9.58 Å². The molecule has 1 rings (SSSR count). The van der Waals surface area contributed by atoms with Gasteiger partial charge in [0.15, 0.2) is 0 Å². The third kappa shape index (κ3) is 2.52. The fourth-order valence-corrected chi connectivity index (χ4v) is 1.08. The zero-order chi connectivity index (χ0) is 10.8. The Kier molecular flexibility index (Phi) is 3.23. The Bertz CT molecular complexity index is 291. The quantitative estimate of drug-likeness (QED) is 0.737. The van der Waals surface area contributed by atoms with Gasteiger partial charge in [0, 0.05) is 31.9 Å². The van der Waals surface area contributed by atoms with E-state index in [2.05, 4.69) is 29.1 Å². The Labute approximate surface area is 84.9 Å². The molecule has 0 aliphatic carbocycles. The van der Waals surface area contributed by atoms with Crippen LogP contribution < -0.4 is 5.73 Å². The van der Waals surface area contributed by atoms with Crippen molar-refractivity contribution in [3.8, 4) is 0 Å². The molecular formula is C9H19N5. The summed E-state index contributed by atoms with van der Waals surface area (Å²) in [7, 11) is 3.91. The highest BCUT2D eigenvalue weighted by molar-refractivity contribution is 4.94. The number of aromatic nitrogens is 3. The van der Waals surface area contributed by atoms with Crippen molar-refractivity contribution in [1.29, 1.82) is 0 Å². The van der Waals surface area contributed by atoms with Crippen molar-refractivity contribution in [2.45, 2.75) is 25.9 Å². The van der Waals surface area contributed by atoms with E-state index in [4.69, 9.17) is 5.73 Å². The third-order valence-electron chi connectivity index (χ3n) is 2.58. The number of likely N-dealkylation sites (N-methyl/N-ethyl adjacent to an activating group) is 1. The minimum Gasteiger partial charge on any atom is -0.329 e. The molecule has 0 bridgehead atoms. The van der Waals surface area contributed by atoms with E-state index in [9.17, 15) is 0 Å². The van der Waals surface area contributed by atoms with Gasteiger partial charge in [-0.1, -0.05) is 5.21 Å². The van der Waals surface area contributed by atoms with Gasteiger partial charge in [-0.25, -0.2) is 0 Å². The summed E-state index contributed by atoms with van der Waals surface area (Å²) in [5.41, 5.74) is 6.65. The summed E-state index contributed by atoms with van der Waals surface area (Å²) in [6, 6.07) is 0. The van der Waals surface area contributed by atoms with Crippen LogP contribution in [0.3, 0.4) is 0 Å². The van der Waals surface area contributed by atoms with E-state index in [1.165, 1.54) is 0 Å². The lowest BCUT2D eigenvalue weighted by atomic mass is 10.0. The summed E-state index contributed by atoms with van der Waals surface area (Å²) < 4.78 is 1.71. The Hall–Kier alpha value is -0.940. The predicted octanol–water partition coefficient (Wildman–Crippen LogP) is -0.0158. The van der Waals surface area contributed by atoms with Gasteiger partial charge in [0.2, 0.25) is 0 Å². The Morgan fingerprint density at radius 3 is 2.64 bits per heavy atom. The lowest BCUT2D eigenvalue weighted by Gasteiger charge is -2.33. The second kappa shape index (κ2) is 4.06. The molecule has 0 fully saturated rings. The standard InChI is InChI=1S/C9H19N5/c1-9(2,7-10)13(3)5-8-6-14(4)12-11-8/h6H,5,7,10H2,1-4H3. The van der Waals surface area contributed by atoms with Crippen LogP contribution in [-0.4, -0.2) is 39.0 Å². The van der Waals surface area contributed by atoms with E-state index >= 15 is 0 Å². The number of hydrogen-bond donors (Lipinski definition) is 1. The zero-order valence-electron chi connectivity index (χ0n) is 9.36. The van der Waals surface area contributed by atoms with Crippen LogP contribution in [0.5, 0.6) is 0 Å². The monoisotopic (exact) mass is 197 g/mol. The van der Waals surface area contributed by atoms with E-state index in [-0.39, 0.29) is 5.54 Å². The Morgan fingerprint density at radius 1 is 1.57 bits per heavy atom. The molecule has 0 saturated carbocycles. The minimum atomic E-state index is -0.00246. The number of aryl methyl sites for hydroxylation is 1. The maximum absolute atomic E-state index is 5.68. The summed E-state index contributed by atoms with van der Waals surface area (Å²) in [6.45, 7) is 5.63. The van der Waals surface area contributed by atoms with Crippen molar-refractivity contribution in [2.24, 2.45) is 12.8 Å². The number of nitrogens with two attached hydrogens (primary N) is 1. The lowest BCUT2D eigenvalue weighted by molar-refractivity contribution is 0.154. The fraction of sp³-hybridized carbons (Fsp3) is 0.778. The summed E-state index contributed by atoms with van der Waals surface area (Å²) in [4.78, 5) is 2.18. The minimum absolute atomic E-state index is 0.00246. The molecule has 0 aliphatic rings. The molecule has 1 heterocycles. The van der Waals surface area contributed by atoms with Crippen molar-refractivity contribution in [3.63, 3.8) is 0 Å². The van der Waals surface area contributed by atoms with Crippen LogP contribution >= 0.6 is 0 Å². The van der Waals surface area contributed by atoms with E-state index in [1.807, 2.05) is 20.3 Å². The van der Waals surface area contributed by atoms with Crippen LogP contribution in [0.4, 0.5) is 0 Å². The first-order chi connectivity index (χ1) is 6.45. The van der Waals surface area contributed by atoms with Gasteiger partial charge in [-0.2, -0.15) is 0 Å². The fourth-order valence-electron chi connectivity index (χ4n) is 1.08. The number of nitrogens with zero attached hydrogens (tertiary/aromatic N) is 4. The summed E-state index contributed by atoms with van der Waals surface area (Å²) in [6.07, 6.45) is 1.92. The normalized spacial score (nSPS) is 12.4. The average molecular weight is 197 g/mol. The molecule has 0 radical (unpaired) electrons. The van der Waals surface area contributed by atoms with Crippen LogP contribution in [0.1, 0.15) is 19.5 Å². The third-order valence-corrected chi connectivity index (χ3v) is 2.58. The van der Waals surface area contributed by atoms with Crippen LogP contribution in [0, 0.1) is 0 Å². The molecule has 0 aromatic carbocycles. The van der Waals surface area contributed by atoms with Crippen molar-refractivity contribution in [1.82, 2.24) is 19.9 Å². The molecule has 2 N–H and O–H groups in total. The Balaban J connectivity index is 2.61. The summed E-state index contributed by atoms with van der Waals surface area (Å²) in [5, 5.41) is 7.92. The smallest absolute Gasteiger partial charge is 0.0967 e. The number of rotatable bonds is 4. The molecule has 5 heteroatoms. The van der Waals surface area contributed by atoms with Crippen molar-refractivity contribution >= 4 is 0 Å². The van der Waals surface area contributed by atoms with Gasteiger partial charge >= 0.3 is 0 Å². The van der Waals surface area contributed by atoms with Gasteiger partial charge in [0.25, 0.3) is 0 Å². The molecule has 0 aliphatic heterocycles. The highest BCUT2D eigenvalue weighted by Crippen LogP contribution is 2.12. The largest absolute Gasteiger partial charge is 0.329 e. The van der Waals surface area contributed by atoms with Crippen LogP contribution in [0.15, 0.2) is 6.20 Å². The van der Waals surface area contributed by atoms with E-state index < -0.39 is 0 Å². The topological polar surface area (TPSA) is 60.0 Å². The summed E-state index contributed by atoms with van der Waals surface area (Å²) in [5.74, 6) is 0. The van der Waals surface area contributed by atoms with E-state index in [0.717, 1.165) is 12.2 Å². The SMILES string of the molecule is CN(Cc1cn(C)nn1)C(C)(C)CN. The van der Waals surface area contributed by atoms with Crippen LogP contribution in [0.25, 0.3) is 0 Å². The first-order valence-corrected chi connectivity index (χ1v) is 4.72. The maximum Gasteiger partial charge on any atom is 0.0967 e. The second-order valence-electron chi connectivity index (χ2n) is 4.26. The first-order valence-electron chi connectivity index (χ1n) is 4.72. The van der Waals surface area contributed by atoms with Gasteiger partial charge in [0.1, 0.15) is 0 Å². The van der Waals surface area contributed by atoms with Gasteiger partial charge in [-0.05, 0) is 20.9 Å². The average Bonchev–Trinajstić information content (AvgIpc) is 2.51. The first kappa shape index (κ1) is 11.1. The highest BCUT2D eigenvalue weighted by Gasteiger charge is 2.22.